The van der Waals surface area contributed by atoms with Crippen LogP contribution in [0.5, 0.6) is 0 Å². The number of benzene rings is 1. The molecule has 1 aromatic rings. The number of carbonyl (C=O) groups excluding carboxylic acids is 2. The van der Waals surface area contributed by atoms with E-state index >= 15 is 0 Å². The number of amides is 2. The number of hydrogen-bond acceptors (Lipinski definition) is 4. The molecule has 7 nitrogen and oxygen atoms in total. The highest BCUT2D eigenvalue weighted by atomic mass is 19.4. The summed E-state index contributed by atoms with van der Waals surface area (Å²) >= 11 is 0. The van der Waals surface area contributed by atoms with Gasteiger partial charge in [-0.25, -0.2) is 4.99 Å². The number of amidine groups is 1. The van der Waals surface area contributed by atoms with E-state index < -0.39 is 23.6 Å². The van der Waals surface area contributed by atoms with Crippen LogP contribution in [0.1, 0.15) is 35.2 Å². The molecule has 10 heteroatoms. The molecule has 0 aromatic heterocycles. The number of nitrogens with two attached hydrogens (primary N) is 2. The van der Waals surface area contributed by atoms with E-state index in [1.54, 1.807) is 31.3 Å². The summed E-state index contributed by atoms with van der Waals surface area (Å²) in [5.74, 6) is -1.32. The number of aliphatic imine (C=N–C) groups is 2. The maximum absolute atomic E-state index is 12.8. The first kappa shape index (κ1) is 22.9. The van der Waals surface area contributed by atoms with Crippen LogP contribution in [0.25, 0.3) is 0 Å². The van der Waals surface area contributed by atoms with Crippen LogP contribution in [0.2, 0.25) is 0 Å². The van der Waals surface area contributed by atoms with Crippen molar-refractivity contribution in [2.75, 3.05) is 12.4 Å². The fraction of sp³-hybridized carbons (Fsp3) is 0.300. The molecule has 1 aliphatic carbocycles. The monoisotopic (exact) mass is 421 g/mol. The maximum atomic E-state index is 12.8. The van der Waals surface area contributed by atoms with E-state index in [-0.39, 0.29) is 42.8 Å². The lowest BCUT2D eigenvalue weighted by Gasteiger charge is -2.14. The van der Waals surface area contributed by atoms with Gasteiger partial charge in [-0.3, -0.25) is 14.6 Å². The summed E-state index contributed by atoms with van der Waals surface area (Å²) in [6.07, 6.45) is -0.550. The van der Waals surface area contributed by atoms with Crippen LogP contribution in [-0.4, -0.2) is 37.1 Å². The third kappa shape index (κ3) is 6.29. The van der Waals surface area contributed by atoms with Gasteiger partial charge in [0.05, 0.1) is 17.7 Å². The number of halogens is 3. The number of allylic oxidation sites excluding steroid dienone is 3. The minimum atomic E-state index is -4.38. The molecule has 0 unspecified atom stereocenters. The zero-order chi connectivity index (χ0) is 22.3. The second-order valence-electron chi connectivity index (χ2n) is 6.48. The summed E-state index contributed by atoms with van der Waals surface area (Å²) in [4.78, 5) is 31.6. The number of primary amides is 1. The Labute approximate surface area is 171 Å². The van der Waals surface area contributed by atoms with Gasteiger partial charge in [0, 0.05) is 30.9 Å². The summed E-state index contributed by atoms with van der Waals surface area (Å²) in [7, 11) is 1.62. The molecule has 0 saturated heterocycles. The molecule has 0 saturated carbocycles. The molecule has 0 atom stereocenters. The van der Waals surface area contributed by atoms with Crippen LogP contribution in [0, 0.1) is 0 Å². The predicted molar refractivity (Wildman–Crippen MR) is 109 cm³/mol. The van der Waals surface area contributed by atoms with E-state index in [2.05, 4.69) is 15.3 Å². The summed E-state index contributed by atoms with van der Waals surface area (Å²) in [6.45, 7) is 0. The Morgan fingerprint density at radius 3 is 2.63 bits per heavy atom. The number of carbonyl (C=O) groups is 2. The van der Waals surface area contributed by atoms with Crippen molar-refractivity contribution in [1.82, 2.24) is 0 Å². The Morgan fingerprint density at radius 2 is 2.00 bits per heavy atom. The van der Waals surface area contributed by atoms with Gasteiger partial charge < -0.3 is 16.8 Å². The van der Waals surface area contributed by atoms with E-state index in [9.17, 15) is 22.8 Å². The summed E-state index contributed by atoms with van der Waals surface area (Å²) in [5, 5.41) is 2.83. The topological polar surface area (TPSA) is 123 Å². The van der Waals surface area contributed by atoms with Crippen LogP contribution in [0.4, 0.5) is 18.9 Å². The normalized spacial score (nSPS) is 15.0. The van der Waals surface area contributed by atoms with Crippen molar-refractivity contribution in [3.05, 3.63) is 52.7 Å². The van der Waals surface area contributed by atoms with Gasteiger partial charge in [-0.05, 0) is 30.5 Å². The van der Waals surface area contributed by atoms with E-state index in [4.69, 9.17) is 11.5 Å². The van der Waals surface area contributed by atoms with Crippen molar-refractivity contribution in [2.45, 2.75) is 31.9 Å². The van der Waals surface area contributed by atoms with Gasteiger partial charge in [-0.15, -0.1) is 0 Å². The van der Waals surface area contributed by atoms with E-state index in [0.29, 0.717) is 11.3 Å². The smallest absolute Gasteiger partial charge is 0.387 e. The standard InChI is InChI=1S/C20H22F3N5O2/c1-26-15-7-2-4-12(18(15)19(25)30)10-17(29)28-16(24)8-9-27-14-6-3-5-13(11-14)20(21,22)23/h2,4,6-7,9,11,26H,3,5,8,10H2,1H3,(H2,25,30)(H2,24,28,29). The molecule has 0 heterocycles. The van der Waals surface area contributed by atoms with Gasteiger partial charge in [-0.2, -0.15) is 13.2 Å². The molecular formula is C20H22F3N5O2. The minimum absolute atomic E-state index is 0.0164. The number of anilines is 1. The zero-order valence-corrected chi connectivity index (χ0v) is 16.3. The molecule has 1 aliphatic rings. The van der Waals surface area contributed by atoms with Gasteiger partial charge >= 0.3 is 6.18 Å². The number of nitrogens with zero attached hydrogens (tertiary/aromatic N) is 2. The Kier molecular flexibility index (Phi) is 7.51. The third-order valence-electron chi connectivity index (χ3n) is 4.27. The molecule has 0 fully saturated rings. The second-order valence-corrected chi connectivity index (χ2v) is 6.48. The second kappa shape index (κ2) is 9.86. The molecule has 0 radical (unpaired) electrons. The van der Waals surface area contributed by atoms with E-state index in [1.165, 1.54) is 6.21 Å². The van der Waals surface area contributed by atoms with Crippen molar-refractivity contribution < 1.29 is 22.8 Å². The van der Waals surface area contributed by atoms with Gasteiger partial charge in [0.2, 0.25) is 0 Å². The van der Waals surface area contributed by atoms with E-state index in [0.717, 1.165) is 6.08 Å². The van der Waals surface area contributed by atoms with Crippen LogP contribution in [0.3, 0.4) is 0 Å². The highest BCUT2D eigenvalue weighted by Crippen LogP contribution is 2.32. The van der Waals surface area contributed by atoms with Crippen LogP contribution in [-0.2, 0) is 11.2 Å². The summed E-state index contributed by atoms with van der Waals surface area (Å²) < 4.78 is 38.3. The summed E-state index contributed by atoms with van der Waals surface area (Å²) in [6, 6.07) is 4.91. The molecule has 0 spiro atoms. The number of nitrogens with one attached hydrogen (secondary N) is 1. The molecule has 160 valence electrons. The van der Waals surface area contributed by atoms with Crippen LogP contribution >= 0.6 is 0 Å². The molecule has 30 heavy (non-hydrogen) atoms. The highest BCUT2D eigenvalue weighted by Gasteiger charge is 2.33. The molecule has 2 rings (SSSR count). The Hall–Kier alpha value is -3.43. The highest BCUT2D eigenvalue weighted by molar-refractivity contribution is 6.03. The van der Waals surface area contributed by atoms with Gasteiger partial charge in [-0.1, -0.05) is 18.2 Å². The lowest BCUT2D eigenvalue weighted by molar-refractivity contribution is -0.117. The first-order chi connectivity index (χ1) is 14.1. The average molecular weight is 421 g/mol. The number of rotatable bonds is 7. The van der Waals surface area contributed by atoms with E-state index in [1.807, 2.05) is 0 Å². The van der Waals surface area contributed by atoms with Crippen molar-refractivity contribution in [3.63, 3.8) is 0 Å². The molecule has 0 bridgehead atoms. The molecular weight excluding hydrogens is 399 g/mol. The lowest BCUT2D eigenvalue weighted by atomic mass is 10.0. The van der Waals surface area contributed by atoms with Gasteiger partial charge in [0.25, 0.3) is 11.8 Å². The van der Waals surface area contributed by atoms with Crippen LogP contribution < -0.4 is 16.8 Å². The molecule has 0 aliphatic heterocycles. The largest absolute Gasteiger partial charge is 0.412 e. The predicted octanol–water partition coefficient (Wildman–Crippen LogP) is 2.88. The number of alkyl halides is 3. The third-order valence-corrected chi connectivity index (χ3v) is 4.27. The number of hydrogen-bond donors (Lipinski definition) is 3. The van der Waals surface area contributed by atoms with Crippen molar-refractivity contribution in [2.24, 2.45) is 21.5 Å². The quantitative estimate of drug-likeness (QED) is 0.463. The fourth-order valence-electron chi connectivity index (χ4n) is 2.90. The first-order valence-corrected chi connectivity index (χ1v) is 9.07. The molecule has 1 aromatic carbocycles. The lowest BCUT2D eigenvalue weighted by Crippen LogP contribution is -2.19. The van der Waals surface area contributed by atoms with Crippen molar-refractivity contribution >= 4 is 29.6 Å². The van der Waals surface area contributed by atoms with Crippen LogP contribution in [0.15, 0.2) is 51.6 Å². The first-order valence-electron chi connectivity index (χ1n) is 9.07. The fourth-order valence-corrected chi connectivity index (χ4v) is 2.90. The minimum Gasteiger partial charge on any atom is -0.387 e. The SMILES string of the molecule is CNc1cccc(CC(=O)N=C(N)CC=NC2=CCCC(C(F)(F)F)=C2)c1C(N)=O. The summed E-state index contributed by atoms with van der Waals surface area (Å²) in [5.41, 5.74) is 11.7. The van der Waals surface area contributed by atoms with Gasteiger partial charge in [0.1, 0.15) is 5.84 Å². The molecule has 5 N–H and O–H groups in total. The van der Waals surface area contributed by atoms with Crippen molar-refractivity contribution in [3.8, 4) is 0 Å². The van der Waals surface area contributed by atoms with Crippen molar-refractivity contribution in [1.29, 1.82) is 0 Å². The Morgan fingerprint density at radius 1 is 1.27 bits per heavy atom. The average Bonchev–Trinajstić information content (AvgIpc) is 2.67. The molecule has 2 amide bonds. The maximum Gasteiger partial charge on any atom is 0.412 e. The zero-order valence-electron chi connectivity index (χ0n) is 16.3. The Bertz CT molecular complexity index is 946. The van der Waals surface area contributed by atoms with Gasteiger partial charge in [0.15, 0.2) is 0 Å². The Balaban J connectivity index is 2.03.